The molecule has 2 aliphatic rings. The normalized spacial score (nSPS) is 25.1. The Bertz CT molecular complexity index is 1270. The monoisotopic (exact) mass is 454 g/mol. The van der Waals surface area contributed by atoms with E-state index in [4.69, 9.17) is 11.6 Å². The Kier molecular flexibility index (Phi) is 5.32. The predicted molar refractivity (Wildman–Crippen MR) is 126 cm³/mol. The van der Waals surface area contributed by atoms with Crippen molar-refractivity contribution in [2.24, 2.45) is 16.0 Å². The second-order valence-corrected chi connectivity index (χ2v) is 9.35. The number of hydrazone groups is 1. The highest BCUT2D eigenvalue weighted by molar-refractivity contribution is 8.13. The minimum Gasteiger partial charge on any atom is -0.319 e. The van der Waals surface area contributed by atoms with Gasteiger partial charge in [0.15, 0.2) is 0 Å². The zero-order valence-corrected chi connectivity index (χ0v) is 18.3. The van der Waals surface area contributed by atoms with Crippen LogP contribution in [-0.4, -0.2) is 33.6 Å². The fraction of sp³-hybridized carbons (Fsp3) is 0.261. The highest BCUT2D eigenvalue weighted by atomic mass is 35.5. The molecule has 1 aromatic heterocycles. The Hall–Kier alpha value is -2.64. The number of H-pyrrole nitrogens is 1. The molecule has 5 rings (SSSR count). The molecule has 0 radical (unpaired) electrons. The van der Waals surface area contributed by atoms with Crippen LogP contribution in [-0.2, 0) is 6.42 Å². The Morgan fingerprint density at radius 2 is 2.03 bits per heavy atom. The SMILES string of the molecule is CC1N=CSC1C1NN=C(c2cccc(Cl)c2)C1Cc1cc(=O)[nH]c2c(F)cccc12. The molecule has 158 valence electrons. The smallest absolute Gasteiger partial charge is 0.248 e. The second-order valence-electron chi connectivity index (χ2n) is 7.89. The number of rotatable bonds is 4. The van der Waals surface area contributed by atoms with Gasteiger partial charge in [-0.3, -0.25) is 9.79 Å². The molecule has 3 heterocycles. The first kappa shape index (κ1) is 20.3. The summed E-state index contributed by atoms with van der Waals surface area (Å²) in [5.74, 6) is -0.469. The van der Waals surface area contributed by atoms with Crippen LogP contribution < -0.4 is 11.0 Å². The van der Waals surface area contributed by atoms with E-state index in [1.54, 1.807) is 23.9 Å². The topological polar surface area (TPSA) is 69.6 Å². The van der Waals surface area contributed by atoms with Crippen molar-refractivity contribution in [2.45, 2.75) is 30.7 Å². The Morgan fingerprint density at radius 1 is 1.19 bits per heavy atom. The highest BCUT2D eigenvalue weighted by Crippen LogP contribution is 2.35. The van der Waals surface area contributed by atoms with Crippen molar-refractivity contribution in [3.8, 4) is 0 Å². The number of para-hydroxylation sites is 1. The third-order valence-electron chi connectivity index (χ3n) is 5.94. The molecular weight excluding hydrogens is 435 g/mol. The number of hydrogen-bond acceptors (Lipinski definition) is 5. The number of thioether (sulfide) groups is 1. The fourth-order valence-corrected chi connectivity index (χ4v) is 5.75. The van der Waals surface area contributed by atoms with Crippen LogP contribution in [0.3, 0.4) is 0 Å². The van der Waals surface area contributed by atoms with Gasteiger partial charge in [0, 0.05) is 22.4 Å². The quantitative estimate of drug-likeness (QED) is 0.614. The highest BCUT2D eigenvalue weighted by Gasteiger charge is 2.41. The van der Waals surface area contributed by atoms with E-state index in [0.29, 0.717) is 16.8 Å². The molecule has 0 saturated heterocycles. The van der Waals surface area contributed by atoms with Gasteiger partial charge in [0.05, 0.1) is 34.1 Å². The van der Waals surface area contributed by atoms with Crippen LogP contribution in [0.15, 0.2) is 63.4 Å². The van der Waals surface area contributed by atoms with E-state index < -0.39 is 5.82 Å². The number of nitrogens with one attached hydrogen (secondary N) is 2. The van der Waals surface area contributed by atoms with E-state index in [-0.39, 0.29) is 34.3 Å². The van der Waals surface area contributed by atoms with Gasteiger partial charge in [0.1, 0.15) is 5.82 Å². The lowest BCUT2D eigenvalue weighted by molar-refractivity contribution is 0.435. The van der Waals surface area contributed by atoms with Gasteiger partial charge in [-0.15, -0.1) is 11.8 Å². The van der Waals surface area contributed by atoms with Crippen LogP contribution in [0, 0.1) is 11.7 Å². The second kappa shape index (κ2) is 8.13. The van der Waals surface area contributed by atoms with Crippen molar-refractivity contribution in [1.82, 2.24) is 10.4 Å². The van der Waals surface area contributed by atoms with Gasteiger partial charge in [0.2, 0.25) is 5.56 Å². The van der Waals surface area contributed by atoms with Crippen LogP contribution in [0.2, 0.25) is 5.02 Å². The fourth-order valence-electron chi connectivity index (χ4n) is 4.44. The zero-order chi connectivity index (χ0) is 21.5. The summed E-state index contributed by atoms with van der Waals surface area (Å²) in [6.07, 6.45) is 0.538. The molecule has 0 amide bonds. The zero-order valence-electron chi connectivity index (χ0n) is 16.7. The number of halogens is 2. The van der Waals surface area contributed by atoms with Crippen LogP contribution in [0.25, 0.3) is 10.9 Å². The van der Waals surface area contributed by atoms with Crippen molar-refractivity contribution in [2.75, 3.05) is 0 Å². The standard InChI is InChI=1S/C23H20ClFN4OS/c1-12-23(31-11-26-12)22-17(20(28-29-22)13-4-2-5-15(24)8-13)9-14-10-19(30)27-21-16(14)6-3-7-18(21)25/h2-8,10-12,17,22-23,29H,9H2,1H3,(H,27,30). The average Bonchev–Trinajstić information content (AvgIpc) is 3.34. The summed E-state index contributed by atoms with van der Waals surface area (Å²) in [6.45, 7) is 2.09. The maximum Gasteiger partial charge on any atom is 0.248 e. The van der Waals surface area contributed by atoms with E-state index in [9.17, 15) is 9.18 Å². The van der Waals surface area contributed by atoms with Crippen molar-refractivity contribution in [3.63, 3.8) is 0 Å². The molecule has 0 fully saturated rings. The molecule has 0 spiro atoms. The minimum absolute atomic E-state index is 0.0133. The summed E-state index contributed by atoms with van der Waals surface area (Å²) in [7, 11) is 0. The number of aromatic amines is 1. The van der Waals surface area contributed by atoms with Crippen molar-refractivity contribution in [3.05, 3.63) is 80.9 Å². The molecule has 4 unspecified atom stereocenters. The number of nitrogens with zero attached hydrogens (tertiary/aromatic N) is 2. The lowest BCUT2D eigenvalue weighted by atomic mass is 9.83. The maximum atomic E-state index is 14.4. The Balaban J connectivity index is 1.59. The summed E-state index contributed by atoms with van der Waals surface area (Å²) in [4.78, 5) is 19.4. The number of benzene rings is 2. The van der Waals surface area contributed by atoms with Gasteiger partial charge in [-0.1, -0.05) is 35.9 Å². The van der Waals surface area contributed by atoms with Crippen LogP contribution in [0.1, 0.15) is 18.1 Å². The van der Waals surface area contributed by atoms with Crippen LogP contribution in [0.4, 0.5) is 4.39 Å². The van der Waals surface area contributed by atoms with Gasteiger partial charge < -0.3 is 10.4 Å². The number of aromatic nitrogens is 1. The van der Waals surface area contributed by atoms with E-state index in [0.717, 1.165) is 16.8 Å². The summed E-state index contributed by atoms with van der Waals surface area (Å²) in [5.41, 5.74) is 7.75. The lowest BCUT2D eigenvalue weighted by Gasteiger charge is -2.28. The van der Waals surface area contributed by atoms with Crippen molar-refractivity contribution >= 4 is 45.5 Å². The molecule has 0 aliphatic carbocycles. The van der Waals surface area contributed by atoms with Crippen LogP contribution in [0.5, 0.6) is 0 Å². The van der Waals surface area contributed by atoms with Gasteiger partial charge >= 0.3 is 0 Å². The first-order chi connectivity index (χ1) is 15.0. The molecule has 31 heavy (non-hydrogen) atoms. The molecule has 2 aromatic carbocycles. The largest absolute Gasteiger partial charge is 0.319 e. The third kappa shape index (κ3) is 3.77. The summed E-state index contributed by atoms with van der Waals surface area (Å²) in [5, 5.41) is 6.23. The molecule has 4 atom stereocenters. The first-order valence-corrected chi connectivity index (χ1v) is 11.4. The lowest BCUT2D eigenvalue weighted by Crippen LogP contribution is -2.43. The molecule has 5 nitrogen and oxygen atoms in total. The van der Waals surface area contributed by atoms with Crippen molar-refractivity contribution < 1.29 is 4.39 Å². The van der Waals surface area contributed by atoms with E-state index >= 15 is 0 Å². The number of fused-ring (bicyclic) bond motifs is 1. The van der Waals surface area contributed by atoms with Gasteiger partial charge in [-0.25, -0.2) is 4.39 Å². The number of pyridine rings is 1. The molecule has 2 N–H and O–H groups in total. The number of hydrogen-bond donors (Lipinski definition) is 2. The minimum atomic E-state index is -0.436. The van der Waals surface area contributed by atoms with Crippen molar-refractivity contribution in [1.29, 1.82) is 0 Å². The molecule has 8 heteroatoms. The Labute approximate surface area is 187 Å². The summed E-state index contributed by atoms with van der Waals surface area (Å²) < 4.78 is 14.4. The molecule has 3 aromatic rings. The van der Waals surface area contributed by atoms with E-state index in [1.165, 1.54) is 6.07 Å². The summed E-state index contributed by atoms with van der Waals surface area (Å²) >= 11 is 7.94. The average molecular weight is 455 g/mol. The molecule has 0 saturated carbocycles. The summed E-state index contributed by atoms with van der Waals surface area (Å²) in [6, 6.07) is 14.2. The van der Waals surface area contributed by atoms with Gasteiger partial charge in [0.25, 0.3) is 0 Å². The number of aliphatic imine (C=N–C) groups is 1. The Morgan fingerprint density at radius 3 is 2.81 bits per heavy atom. The molecule has 0 bridgehead atoms. The first-order valence-electron chi connectivity index (χ1n) is 10.1. The molecule has 2 aliphatic heterocycles. The third-order valence-corrected chi connectivity index (χ3v) is 7.42. The van der Waals surface area contributed by atoms with E-state index in [1.807, 2.05) is 35.9 Å². The predicted octanol–water partition coefficient (Wildman–Crippen LogP) is 4.39. The van der Waals surface area contributed by atoms with E-state index in [2.05, 4.69) is 27.4 Å². The van der Waals surface area contributed by atoms with Gasteiger partial charge in [-0.05, 0) is 42.7 Å². The maximum absolute atomic E-state index is 14.4. The van der Waals surface area contributed by atoms with Gasteiger partial charge in [-0.2, -0.15) is 5.10 Å². The molecular formula is C23H20ClFN4OS. The van der Waals surface area contributed by atoms with Crippen LogP contribution >= 0.6 is 23.4 Å².